The fraction of sp³-hybridized carbons (Fsp3) is 0.308. The van der Waals surface area contributed by atoms with Gasteiger partial charge in [0, 0.05) is 49.9 Å². The standard InChI is InChI=1S/C13H16N4O/c1-17(7-5-12-4-2-3-6-14-12)13-15-8-11(10-18)9-16-13/h2-4,6,8-9,18H,5,7,10H2,1H3. The van der Waals surface area contributed by atoms with E-state index in [0.29, 0.717) is 5.95 Å². The molecule has 2 aromatic heterocycles. The molecule has 0 saturated heterocycles. The maximum atomic E-state index is 8.92. The van der Waals surface area contributed by atoms with Crippen LogP contribution in [0.4, 0.5) is 5.95 Å². The lowest BCUT2D eigenvalue weighted by Gasteiger charge is -2.16. The molecular formula is C13H16N4O. The summed E-state index contributed by atoms with van der Waals surface area (Å²) in [5, 5.41) is 8.92. The topological polar surface area (TPSA) is 62.1 Å². The lowest BCUT2D eigenvalue weighted by molar-refractivity contribution is 0.281. The van der Waals surface area contributed by atoms with Gasteiger partial charge in [-0.15, -0.1) is 0 Å². The molecule has 5 heteroatoms. The molecule has 0 aromatic carbocycles. The van der Waals surface area contributed by atoms with Crippen molar-refractivity contribution in [3.05, 3.63) is 48.0 Å². The van der Waals surface area contributed by atoms with Crippen LogP contribution in [0.1, 0.15) is 11.3 Å². The third kappa shape index (κ3) is 3.24. The molecule has 0 radical (unpaired) electrons. The summed E-state index contributed by atoms with van der Waals surface area (Å²) in [7, 11) is 1.94. The van der Waals surface area contributed by atoms with Gasteiger partial charge in [-0.05, 0) is 12.1 Å². The Morgan fingerprint density at radius 3 is 2.56 bits per heavy atom. The summed E-state index contributed by atoms with van der Waals surface area (Å²) in [6.07, 6.45) is 5.92. The molecule has 5 nitrogen and oxygen atoms in total. The first-order valence-electron chi connectivity index (χ1n) is 5.82. The minimum absolute atomic E-state index is 0.0298. The number of anilines is 1. The Balaban J connectivity index is 1.93. The van der Waals surface area contributed by atoms with E-state index in [4.69, 9.17) is 5.11 Å². The molecule has 0 saturated carbocycles. The number of aliphatic hydroxyl groups is 1. The highest BCUT2D eigenvalue weighted by Crippen LogP contribution is 2.06. The minimum atomic E-state index is -0.0298. The zero-order valence-electron chi connectivity index (χ0n) is 10.3. The van der Waals surface area contributed by atoms with Crippen molar-refractivity contribution in [3.8, 4) is 0 Å². The molecule has 0 bridgehead atoms. The molecule has 2 aromatic rings. The number of aliphatic hydroxyl groups excluding tert-OH is 1. The fourth-order valence-corrected chi connectivity index (χ4v) is 1.55. The van der Waals surface area contributed by atoms with Gasteiger partial charge < -0.3 is 10.0 Å². The Morgan fingerprint density at radius 1 is 1.17 bits per heavy atom. The highest BCUT2D eigenvalue weighted by Gasteiger charge is 2.04. The summed E-state index contributed by atoms with van der Waals surface area (Å²) in [5.41, 5.74) is 1.77. The third-order valence-corrected chi connectivity index (χ3v) is 2.65. The second-order valence-electron chi connectivity index (χ2n) is 4.04. The molecular weight excluding hydrogens is 228 g/mol. The van der Waals surface area contributed by atoms with Crippen molar-refractivity contribution in [2.24, 2.45) is 0 Å². The lowest BCUT2D eigenvalue weighted by Crippen LogP contribution is -2.22. The zero-order valence-corrected chi connectivity index (χ0v) is 10.3. The van der Waals surface area contributed by atoms with Crippen LogP contribution in [0.25, 0.3) is 0 Å². The largest absolute Gasteiger partial charge is 0.392 e. The van der Waals surface area contributed by atoms with E-state index in [0.717, 1.165) is 24.2 Å². The van der Waals surface area contributed by atoms with Crippen molar-refractivity contribution >= 4 is 5.95 Å². The van der Waals surface area contributed by atoms with E-state index in [1.54, 1.807) is 18.6 Å². The van der Waals surface area contributed by atoms with Crippen LogP contribution in [0, 0.1) is 0 Å². The first-order chi connectivity index (χ1) is 8.79. The number of nitrogens with zero attached hydrogens (tertiary/aromatic N) is 4. The van der Waals surface area contributed by atoms with Crippen LogP contribution in [0.15, 0.2) is 36.8 Å². The van der Waals surface area contributed by atoms with E-state index in [-0.39, 0.29) is 6.61 Å². The van der Waals surface area contributed by atoms with Gasteiger partial charge in [-0.2, -0.15) is 0 Å². The summed E-state index contributed by atoms with van der Waals surface area (Å²) in [6.45, 7) is 0.771. The molecule has 0 fully saturated rings. The number of hydrogen-bond acceptors (Lipinski definition) is 5. The molecule has 2 rings (SSSR count). The van der Waals surface area contributed by atoms with Crippen molar-refractivity contribution in [1.82, 2.24) is 15.0 Å². The van der Waals surface area contributed by atoms with Crippen LogP contribution in [-0.4, -0.2) is 33.7 Å². The smallest absolute Gasteiger partial charge is 0.225 e. The quantitative estimate of drug-likeness (QED) is 0.851. The fourth-order valence-electron chi connectivity index (χ4n) is 1.55. The van der Waals surface area contributed by atoms with Crippen LogP contribution < -0.4 is 4.90 Å². The van der Waals surface area contributed by atoms with Crippen molar-refractivity contribution in [1.29, 1.82) is 0 Å². The van der Waals surface area contributed by atoms with E-state index in [1.807, 2.05) is 30.1 Å². The summed E-state index contributed by atoms with van der Waals surface area (Å²) in [4.78, 5) is 14.6. The van der Waals surface area contributed by atoms with Gasteiger partial charge in [-0.1, -0.05) is 6.07 Å². The first-order valence-corrected chi connectivity index (χ1v) is 5.82. The second-order valence-corrected chi connectivity index (χ2v) is 4.04. The van der Waals surface area contributed by atoms with Gasteiger partial charge in [0.1, 0.15) is 0 Å². The van der Waals surface area contributed by atoms with Gasteiger partial charge >= 0.3 is 0 Å². The van der Waals surface area contributed by atoms with Gasteiger partial charge in [0.25, 0.3) is 0 Å². The van der Waals surface area contributed by atoms with Crippen molar-refractivity contribution < 1.29 is 5.11 Å². The molecule has 0 aliphatic heterocycles. The Morgan fingerprint density at radius 2 is 1.94 bits per heavy atom. The number of aromatic nitrogens is 3. The van der Waals surface area contributed by atoms with Crippen LogP contribution in [-0.2, 0) is 13.0 Å². The van der Waals surface area contributed by atoms with E-state index < -0.39 is 0 Å². The summed E-state index contributed by atoms with van der Waals surface area (Å²) >= 11 is 0. The van der Waals surface area contributed by atoms with Crippen LogP contribution in [0.3, 0.4) is 0 Å². The molecule has 0 aliphatic rings. The lowest BCUT2D eigenvalue weighted by atomic mass is 10.2. The first kappa shape index (κ1) is 12.4. The Hall–Kier alpha value is -2.01. The molecule has 0 unspecified atom stereocenters. The summed E-state index contributed by atoms with van der Waals surface area (Å²) in [5.74, 6) is 0.656. The molecule has 94 valence electrons. The maximum Gasteiger partial charge on any atom is 0.225 e. The SMILES string of the molecule is CN(CCc1ccccn1)c1ncc(CO)cn1. The van der Waals surface area contributed by atoms with Crippen LogP contribution >= 0.6 is 0 Å². The molecule has 0 spiro atoms. The Kier molecular flexibility index (Phi) is 4.20. The Labute approximate surface area is 106 Å². The van der Waals surface area contributed by atoms with Crippen molar-refractivity contribution in [2.45, 2.75) is 13.0 Å². The summed E-state index contributed by atoms with van der Waals surface area (Å²) < 4.78 is 0. The molecule has 0 aliphatic carbocycles. The van der Waals surface area contributed by atoms with Gasteiger partial charge in [0.15, 0.2) is 0 Å². The van der Waals surface area contributed by atoms with Gasteiger partial charge in [-0.25, -0.2) is 9.97 Å². The van der Waals surface area contributed by atoms with Crippen molar-refractivity contribution in [3.63, 3.8) is 0 Å². The highest BCUT2D eigenvalue weighted by atomic mass is 16.3. The predicted octanol–water partition coefficient (Wildman–Crippen LogP) is 1.04. The number of hydrogen-bond donors (Lipinski definition) is 1. The average Bonchev–Trinajstić information content (AvgIpc) is 2.46. The number of likely N-dealkylation sites (N-methyl/N-ethyl adjacent to an activating group) is 1. The average molecular weight is 244 g/mol. The molecule has 1 N–H and O–H groups in total. The monoisotopic (exact) mass is 244 g/mol. The predicted molar refractivity (Wildman–Crippen MR) is 69.2 cm³/mol. The summed E-state index contributed by atoms with van der Waals surface area (Å²) in [6, 6.07) is 5.89. The van der Waals surface area contributed by atoms with E-state index in [9.17, 15) is 0 Å². The maximum absolute atomic E-state index is 8.92. The van der Waals surface area contributed by atoms with E-state index in [1.165, 1.54) is 0 Å². The minimum Gasteiger partial charge on any atom is -0.392 e. The van der Waals surface area contributed by atoms with Gasteiger partial charge in [0.05, 0.1) is 6.61 Å². The second kappa shape index (κ2) is 6.07. The third-order valence-electron chi connectivity index (χ3n) is 2.65. The Bertz CT molecular complexity index is 472. The van der Waals surface area contributed by atoms with Gasteiger partial charge in [-0.3, -0.25) is 4.98 Å². The molecule has 0 amide bonds. The highest BCUT2D eigenvalue weighted by molar-refractivity contribution is 5.28. The van der Waals surface area contributed by atoms with Gasteiger partial charge in [0.2, 0.25) is 5.95 Å². The zero-order chi connectivity index (χ0) is 12.8. The molecule has 2 heterocycles. The van der Waals surface area contributed by atoms with Crippen molar-refractivity contribution in [2.75, 3.05) is 18.5 Å². The number of rotatable bonds is 5. The van der Waals surface area contributed by atoms with Crippen LogP contribution in [0.2, 0.25) is 0 Å². The van der Waals surface area contributed by atoms with E-state index >= 15 is 0 Å². The molecule has 18 heavy (non-hydrogen) atoms. The molecule has 0 atom stereocenters. The van der Waals surface area contributed by atoms with E-state index in [2.05, 4.69) is 15.0 Å². The number of pyridine rings is 1. The van der Waals surface area contributed by atoms with Crippen LogP contribution in [0.5, 0.6) is 0 Å². The normalized spacial score (nSPS) is 10.3.